The molecule has 1 aliphatic heterocycles. The molecule has 23 heavy (non-hydrogen) atoms. The van der Waals surface area contributed by atoms with Crippen molar-refractivity contribution in [3.8, 4) is 11.1 Å². The molecule has 0 aliphatic carbocycles. The third kappa shape index (κ3) is 3.36. The first-order chi connectivity index (χ1) is 11.2. The molecule has 0 aromatic heterocycles. The monoisotopic (exact) mass is 312 g/mol. The molecular formula is C19H21FN2O. The predicted octanol–water partition coefficient (Wildman–Crippen LogP) is 3.46. The van der Waals surface area contributed by atoms with Crippen LogP contribution in [0.25, 0.3) is 11.1 Å². The lowest BCUT2D eigenvalue weighted by Crippen LogP contribution is -2.42. The van der Waals surface area contributed by atoms with Crippen molar-refractivity contribution in [3.63, 3.8) is 0 Å². The van der Waals surface area contributed by atoms with Gasteiger partial charge in [-0.1, -0.05) is 30.3 Å². The Morgan fingerprint density at radius 2 is 2.00 bits per heavy atom. The van der Waals surface area contributed by atoms with Gasteiger partial charge in [-0.05, 0) is 36.6 Å². The van der Waals surface area contributed by atoms with Crippen molar-refractivity contribution < 1.29 is 9.18 Å². The van der Waals surface area contributed by atoms with Gasteiger partial charge in [0, 0.05) is 31.4 Å². The van der Waals surface area contributed by atoms with Crippen LogP contribution in [0.4, 0.5) is 10.1 Å². The van der Waals surface area contributed by atoms with Crippen molar-refractivity contribution in [2.45, 2.75) is 12.8 Å². The Labute approximate surface area is 136 Å². The third-order valence-corrected chi connectivity index (χ3v) is 4.44. The molecule has 1 saturated heterocycles. The zero-order valence-electron chi connectivity index (χ0n) is 13.3. The van der Waals surface area contributed by atoms with Crippen LogP contribution in [-0.4, -0.2) is 26.0 Å². The topological polar surface area (TPSA) is 32.3 Å². The van der Waals surface area contributed by atoms with Crippen LogP contribution >= 0.6 is 0 Å². The quantitative estimate of drug-likeness (QED) is 0.941. The smallest absolute Gasteiger partial charge is 0.224 e. The van der Waals surface area contributed by atoms with Gasteiger partial charge >= 0.3 is 0 Å². The normalized spacial score (nSPS) is 17.8. The van der Waals surface area contributed by atoms with Crippen molar-refractivity contribution in [3.05, 3.63) is 54.3 Å². The summed E-state index contributed by atoms with van der Waals surface area (Å²) in [5.41, 5.74) is 2.32. The summed E-state index contributed by atoms with van der Waals surface area (Å²) in [6.45, 7) is 1.50. The van der Waals surface area contributed by atoms with Gasteiger partial charge < -0.3 is 10.2 Å². The van der Waals surface area contributed by atoms with E-state index in [9.17, 15) is 9.18 Å². The van der Waals surface area contributed by atoms with Gasteiger partial charge in [-0.2, -0.15) is 0 Å². The van der Waals surface area contributed by atoms with Crippen LogP contribution < -0.4 is 10.2 Å². The number of benzene rings is 2. The first-order valence-electron chi connectivity index (χ1n) is 8.00. The molecule has 0 spiro atoms. The summed E-state index contributed by atoms with van der Waals surface area (Å²) in [5, 5.41) is 2.71. The lowest BCUT2D eigenvalue weighted by molar-refractivity contribution is -0.124. The minimum absolute atomic E-state index is 0.0226. The van der Waals surface area contributed by atoms with E-state index in [1.54, 1.807) is 13.1 Å². The van der Waals surface area contributed by atoms with E-state index in [2.05, 4.69) is 10.2 Å². The first-order valence-corrected chi connectivity index (χ1v) is 8.00. The summed E-state index contributed by atoms with van der Waals surface area (Å²) in [5.74, 6) is -0.183. The highest BCUT2D eigenvalue weighted by atomic mass is 19.1. The average Bonchev–Trinajstić information content (AvgIpc) is 2.61. The number of hydrogen-bond donors (Lipinski definition) is 1. The van der Waals surface area contributed by atoms with Crippen molar-refractivity contribution >= 4 is 11.6 Å². The van der Waals surface area contributed by atoms with Crippen LogP contribution in [-0.2, 0) is 4.79 Å². The molecule has 1 fully saturated rings. The minimum Gasteiger partial charge on any atom is -0.371 e. The van der Waals surface area contributed by atoms with E-state index in [1.165, 1.54) is 0 Å². The van der Waals surface area contributed by atoms with Crippen LogP contribution in [0.2, 0.25) is 0 Å². The van der Waals surface area contributed by atoms with E-state index >= 15 is 0 Å². The van der Waals surface area contributed by atoms with Crippen LogP contribution in [0.3, 0.4) is 0 Å². The van der Waals surface area contributed by atoms with Crippen molar-refractivity contribution in [1.82, 2.24) is 5.32 Å². The number of nitrogens with one attached hydrogen (secondary N) is 1. The van der Waals surface area contributed by atoms with Crippen molar-refractivity contribution in [1.29, 1.82) is 0 Å². The van der Waals surface area contributed by atoms with Gasteiger partial charge in [0.2, 0.25) is 5.91 Å². The Morgan fingerprint density at radius 1 is 1.22 bits per heavy atom. The highest BCUT2D eigenvalue weighted by Gasteiger charge is 2.25. The Hall–Kier alpha value is -2.36. The van der Waals surface area contributed by atoms with E-state index in [1.807, 2.05) is 42.5 Å². The summed E-state index contributed by atoms with van der Waals surface area (Å²) in [4.78, 5) is 13.9. The maximum absolute atomic E-state index is 14.5. The van der Waals surface area contributed by atoms with E-state index in [0.717, 1.165) is 30.6 Å². The maximum Gasteiger partial charge on any atom is 0.224 e. The van der Waals surface area contributed by atoms with Gasteiger partial charge in [0.25, 0.3) is 0 Å². The highest BCUT2D eigenvalue weighted by molar-refractivity contribution is 5.79. The molecule has 120 valence electrons. The van der Waals surface area contributed by atoms with E-state index in [0.29, 0.717) is 12.1 Å². The highest BCUT2D eigenvalue weighted by Crippen LogP contribution is 2.29. The Bertz CT molecular complexity index is 687. The molecule has 2 aromatic carbocycles. The molecule has 1 amide bonds. The van der Waals surface area contributed by atoms with E-state index < -0.39 is 0 Å². The molecule has 1 atom stereocenters. The summed E-state index contributed by atoms with van der Waals surface area (Å²) in [7, 11) is 1.66. The molecular weight excluding hydrogens is 291 g/mol. The van der Waals surface area contributed by atoms with Crippen LogP contribution in [0.1, 0.15) is 12.8 Å². The molecule has 0 saturated carbocycles. The Balaban J connectivity index is 1.81. The fraction of sp³-hybridized carbons (Fsp3) is 0.316. The summed E-state index contributed by atoms with van der Waals surface area (Å²) < 4.78 is 14.5. The van der Waals surface area contributed by atoms with Gasteiger partial charge in [0.05, 0.1) is 5.92 Å². The van der Waals surface area contributed by atoms with Crippen LogP contribution in [0, 0.1) is 11.7 Å². The van der Waals surface area contributed by atoms with Gasteiger partial charge in [0.15, 0.2) is 0 Å². The molecule has 3 rings (SSSR count). The lowest BCUT2D eigenvalue weighted by atomic mass is 9.96. The average molecular weight is 312 g/mol. The largest absolute Gasteiger partial charge is 0.371 e. The fourth-order valence-corrected chi connectivity index (χ4v) is 3.18. The van der Waals surface area contributed by atoms with Gasteiger partial charge in [-0.15, -0.1) is 0 Å². The zero-order chi connectivity index (χ0) is 16.2. The first kappa shape index (κ1) is 15.5. The molecule has 0 bridgehead atoms. The molecule has 3 nitrogen and oxygen atoms in total. The number of amides is 1. The molecule has 2 aromatic rings. The number of hydrogen-bond acceptors (Lipinski definition) is 2. The van der Waals surface area contributed by atoms with Gasteiger partial charge in [-0.25, -0.2) is 4.39 Å². The van der Waals surface area contributed by atoms with Gasteiger partial charge in [0.1, 0.15) is 5.82 Å². The zero-order valence-corrected chi connectivity index (χ0v) is 13.3. The molecule has 1 unspecified atom stereocenters. The number of nitrogens with zero attached hydrogens (tertiary/aromatic N) is 1. The maximum atomic E-state index is 14.5. The second-order valence-corrected chi connectivity index (χ2v) is 5.93. The third-order valence-electron chi connectivity index (χ3n) is 4.44. The van der Waals surface area contributed by atoms with E-state index in [-0.39, 0.29) is 17.6 Å². The molecule has 4 heteroatoms. The van der Waals surface area contributed by atoms with Crippen molar-refractivity contribution in [2.24, 2.45) is 5.92 Å². The number of anilines is 1. The number of rotatable bonds is 3. The van der Waals surface area contributed by atoms with Crippen molar-refractivity contribution in [2.75, 3.05) is 25.0 Å². The lowest BCUT2D eigenvalue weighted by Gasteiger charge is -2.33. The Kier molecular flexibility index (Phi) is 4.60. The summed E-state index contributed by atoms with van der Waals surface area (Å²) >= 11 is 0. The molecule has 1 N–H and O–H groups in total. The van der Waals surface area contributed by atoms with Gasteiger partial charge in [-0.3, -0.25) is 4.79 Å². The summed E-state index contributed by atoms with van der Waals surface area (Å²) in [6.07, 6.45) is 1.83. The summed E-state index contributed by atoms with van der Waals surface area (Å²) in [6, 6.07) is 14.9. The Morgan fingerprint density at radius 3 is 2.70 bits per heavy atom. The SMILES string of the molecule is CNC(=O)C1CCCN(c2ccc(-c3ccccc3)c(F)c2)C1. The number of piperidine rings is 1. The van der Waals surface area contributed by atoms with Crippen LogP contribution in [0.5, 0.6) is 0 Å². The molecule has 0 radical (unpaired) electrons. The standard InChI is InChI=1S/C19H21FN2O/c1-21-19(23)15-8-5-11-22(13-15)16-9-10-17(18(20)12-16)14-6-3-2-4-7-14/h2-4,6-7,9-10,12,15H,5,8,11,13H2,1H3,(H,21,23). The second-order valence-electron chi connectivity index (χ2n) is 5.93. The fourth-order valence-electron chi connectivity index (χ4n) is 3.18. The van der Waals surface area contributed by atoms with E-state index in [4.69, 9.17) is 0 Å². The number of carbonyl (C=O) groups is 1. The molecule has 1 heterocycles. The van der Waals surface area contributed by atoms with Crippen LogP contribution in [0.15, 0.2) is 48.5 Å². The number of carbonyl (C=O) groups excluding carboxylic acids is 1. The predicted molar refractivity (Wildman–Crippen MR) is 90.8 cm³/mol. The minimum atomic E-state index is -0.226. The number of halogens is 1. The molecule has 1 aliphatic rings. The second kappa shape index (κ2) is 6.82.